The summed E-state index contributed by atoms with van der Waals surface area (Å²) >= 11 is 0. The maximum Gasteiger partial charge on any atom is 0.302 e. The molecule has 28 heavy (non-hydrogen) atoms. The first kappa shape index (κ1) is 20.3. The van der Waals surface area contributed by atoms with Gasteiger partial charge in [0, 0.05) is 24.2 Å². The average molecular weight is 395 g/mol. The van der Waals surface area contributed by atoms with E-state index < -0.39 is 28.9 Å². The van der Waals surface area contributed by atoms with Gasteiger partial charge < -0.3 is 14.9 Å². The zero-order valence-corrected chi connectivity index (χ0v) is 17.4. The van der Waals surface area contributed by atoms with Crippen LogP contribution < -0.4 is 0 Å². The molecule has 4 nitrogen and oxygen atoms in total. The molecule has 0 bridgehead atoms. The van der Waals surface area contributed by atoms with E-state index in [1.54, 1.807) is 6.08 Å². The van der Waals surface area contributed by atoms with Crippen molar-refractivity contribution in [1.82, 2.24) is 0 Å². The minimum absolute atomic E-state index is 0.165. The molecule has 4 aliphatic carbocycles. The van der Waals surface area contributed by atoms with Gasteiger partial charge in [0.25, 0.3) is 0 Å². The Morgan fingerprint density at radius 2 is 1.71 bits per heavy atom. The molecule has 0 aromatic rings. The highest BCUT2D eigenvalue weighted by Crippen LogP contribution is 2.69. The third-order valence-corrected chi connectivity index (χ3v) is 9.65. The predicted molar refractivity (Wildman–Crippen MR) is 104 cm³/mol. The van der Waals surface area contributed by atoms with Crippen LogP contribution in [0.15, 0.2) is 12.7 Å². The van der Waals surface area contributed by atoms with Gasteiger partial charge in [0.15, 0.2) is 0 Å². The zero-order chi connectivity index (χ0) is 20.5. The van der Waals surface area contributed by atoms with E-state index >= 15 is 4.39 Å². The second kappa shape index (κ2) is 6.28. The van der Waals surface area contributed by atoms with Gasteiger partial charge in [0.05, 0.1) is 5.60 Å². The summed E-state index contributed by atoms with van der Waals surface area (Å²) in [5.74, 6) is 0.274. The first-order valence-corrected chi connectivity index (χ1v) is 10.9. The van der Waals surface area contributed by atoms with Crippen molar-refractivity contribution < 1.29 is 24.1 Å². The van der Waals surface area contributed by atoms with E-state index in [-0.39, 0.29) is 35.6 Å². The lowest BCUT2D eigenvalue weighted by Gasteiger charge is -2.65. The fourth-order valence-electron chi connectivity index (χ4n) is 7.91. The van der Waals surface area contributed by atoms with Gasteiger partial charge in [-0.2, -0.15) is 0 Å². The summed E-state index contributed by atoms with van der Waals surface area (Å²) in [6.45, 7) is 9.45. The van der Waals surface area contributed by atoms with Crippen molar-refractivity contribution in [2.45, 2.75) is 95.6 Å². The second-order valence-corrected chi connectivity index (χ2v) is 10.5. The Kier molecular flexibility index (Phi) is 4.56. The molecule has 0 aliphatic heterocycles. The quantitative estimate of drug-likeness (QED) is 0.550. The number of hydrogen-bond acceptors (Lipinski definition) is 4. The van der Waals surface area contributed by atoms with Crippen LogP contribution in [0.25, 0.3) is 0 Å². The molecule has 4 aliphatic rings. The molecular formula is C23H35FO4. The third-order valence-electron chi connectivity index (χ3n) is 9.65. The second-order valence-electron chi connectivity index (χ2n) is 10.5. The molecule has 0 unspecified atom stereocenters. The highest BCUT2D eigenvalue weighted by molar-refractivity contribution is 5.66. The molecule has 5 heteroatoms. The molecule has 0 aromatic heterocycles. The molecule has 9 atom stereocenters. The molecule has 0 spiro atoms. The highest BCUT2D eigenvalue weighted by Gasteiger charge is 2.69. The molecule has 2 N–H and O–H groups in total. The average Bonchev–Trinajstić information content (AvgIpc) is 2.89. The van der Waals surface area contributed by atoms with Crippen molar-refractivity contribution in [3.63, 3.8) is 0 Å². The number of esters is 1. The summed E-state index contributed by atoms with van der Waals surface area (Å²) in [5.41, 5.74) is -3.12. The van der Waals surface area contributed by atoms with Crippen molar-refractivity contribution in [3.8, 4) is 0 Å². The molecule has 0 amide bonds. The van der Waals surface area contributed by atoms with Crippen molar-refractivity contribution >= 4 is 5.97 Å². The standard InChI is InChI=1S/C23H35FO4/c1-5-22(26)11-8-17-16-12-19(24)23(27)13-15(28-14(2)25)6-9-21(23,4)18(16)7-10-20(17,22)3/h5,15-19,26-27H,1,6-13H2,2-4H3/t15-,16+,17+,18+,19+,20+,21-,22+,23+/m1/s1. The minimum Gasteiger partial charge on any atom is -0.462 e. The summed E-state index contributed by atoms with van der Waals surface area (Å²) in [4.78, 5) is 11.4. The fourth-order valence-corrected chi connectivity index (χ4v) is 7.91. The number of carbonyl (C=O) groups is 1. The van der Waals surface area contributed by atoms with Crippen LogP contribution in [0.1, 0.15) is 72.1 Å². The lowest BCUT2D eigenvalue weighted by Crippen LogP contribution is -2.68. The van der Waals surface area contributed by atoms with Gasteiger partial charge in [0.2, 0.25) is 0 Å². The van der Waals surface area contributed by atoms with Crippen LogP contribution in [-0.4, -0.2) is 39.7 Å². The normalized spacial score (nSPS) is 55.6. The molecule has 0 radical (unpaired) electrons. The lowest BCUT2D eigenvalue weighted by molar-refractivity contribution is -0.254. The molecule has 4 fully saturated rings. The lowest BCUT2D eigenvalue weighted by atomic mass is 9.42. The Hall–Kier alpha value is -0.940. The molecular weight excluding hydrogens is 359 g/mol. The van der Waals surface area contributed by atoms with Gasteiger partial charge >= 0.3 is 5.97 Å². The maximum absolute atomic E-state index is 15.6. The van der Waals surface area contributed by atoms with E-state index in [0.717, 1.165) is 19.3 Å². The number of fused-ring (bicyclic) bond motifs is 5. The summed E-state index contributed by atoms with van der Waals surface area (Å²) < 4.78 is 21.0. The largest absolute Gasteiger partial charge is 0.462 e. The summed E-state index contributed by atoms with van der Waals surface area (Å²) in [6, 6.07) is 0. The van der Waals surface area contributed by atoms with Crippen LogP contribution in [0.5, 0.6) is 0 Å². The van der Waals surface area contributed by atoms with Crippen LogP contribution in [0, 0.1) is 28.6 Å². The Bertz CT molecular complexity index is 682. The predicted octanol–water partition coefficient (Wildman–Crippen LogP) is 3.94. The number of ether oxygens (including phenoxy) is 1. The number of aliphatic hydroxyl groups is 2. The zero-order valence-electron chi connectivity index (χ0n) is 17.4. The Morgan fingerprint density at radius 1 is 1.11 bits per heavy atom. The van der Waals surface area contributed by atoms with E-state index in [9.17, 15) is 15.0 Å². The van der Waals surface area contributed by atoms with Gasteiger partial charge in [-0.3, -0.25) is 4.79 Å². The summed E-state index contributed by atoms with van der Waals surface area (Å²) in [5, 5.41) is 22.7. The SMILES string of the molecule is C=C[C@]1(O)CC[C@H]2[C@@H]3C[C@H](F)[C@@]4(O)C[C@H](OC(C)=O)CC[C@]4(C)[C@H]3CC[C@@]21C. The van der Waals surface area contributed by atoms with Crippen molar-refractivity contribution in [2.24, 2.45) is 28.6 Å². The van der Waals surface area contributed by atoms with Crippen LogP contribution in [-0.2, 0) is 9.53 Å². The number of carbonyl (C=O) groups excluding carboxylic acids is 1. The van der Waals surface area contributed by atoms with Crippen molar-refractivity contribution in [2.75, 3.05) is 0 Å². The Balaban J connectivity index is 1.65. The van der Waals surface area contributed by atoms with E-state index in [1.165, 1.54) is 6.92 Å². The van der Waals surface area contributed by atoms with E-state index in [4.69, 9.17) is 4.74 Å². The van der Waals surface area contributed by atoms with Gasteiger partial charge in [-0.1, -0.05) is 19.9 Å². The summed E-state index contributed by atoms with van der Waals surface area (Å²) in [7, 11) is 0. The molecule has 158 valence electrons. The summed E-state index contributed by atoms with van der Waals surface area (Å²) in [6.07, 6.45) is 5.15. The van der Waals surface area contributed by atoms with E-state index in [0.29, 0.717) is 25.7 Å². The van der Waals surface area contributed by atoms with Gasteiger partial charge in [-0.05, 0) is 62.7 Å². The number of halogens is 1. The monoisotopic (exact) mass is 394 g/mol. The van der Waals surface area contributed by atoms with Crippen molar-refractivity contribution in [3.05, 3.63) is 12.7 Å². The minimum atomic E-state index is -1.45. The van der Waals surface area contributed by atoms with Crippen molar-refractivity contribution in [1.29, 1.82) is 0 Å². The van der Waals surface area contributed by atoms with Crippen LogP contribution in [0.4, 0.5) is 4.39 Å². The van der Waals surface area contributed by atoms with Gasteiger partial charge in [-0.15, -0.1) is 6.58 Å². The van der Waals surface area contributed by atoms with Crippen LogP contribution in [0.2, 0.25) is 0 Å². The van der Waals surface area contributed by atoms with E-state index in [1.807, 2.05) is 0 Å². The Morgan fingerprint density at radius 3 is 2.36 bits per heavy atom. The first-order valence-electron chi connectivity index (χ1n) is 10.9. The number of hydrogen-bond donors (Lipinski definition) is 2. The van der Waals surface area contributed by atoms with Gasteiger partial charge in [-0.25, -0.2) is 4.39 Å². The number of alkyl halides is 1. The van der Waals surface area contributed by atoms with Crippen LogP contribution >= 0.6 is 0 Å². The fraction of sp³-hybridized carbons (Fsp3) is 0.870. The first-order chi connectivity index (χ1) is 13.0. The van der Waals surface area contributed by atoms with E-state index in [2.05, 4.69) is 20.4 Å². The highest BCUT2D eigenvalue weighted by atomic mass is 19.1. The molecule has 0 heterocycles. The maximum atomic E-state index is 15.6. The van der Waals surface area contributed by atoms with Crippen LogP contribution in [0.3, 0.4) is 0 Å². The molecule has 4 rings (SSSR count). The third kappa shape index (κ3) is 2.44. The molecule has 4 saturated carbocycles. The smallest absolute Gasteiger partial charge is 0.302 e. The van der Waals surface area contributed by atoms with Gasteiger partial charge in [0.1, 0.15) is 17.9 Å². The molecule has 0 saturated heterocycles. The topological polar surface area (TPSA) is 66.8 Å². The molecule has 0 aromatic carbocycles. The number of rotatable bonds is 2. The Labute approximate surface area is 167 Å².